The minimum Gasteiger partial charge on any atom is -0.478 e. The van der Waals surface area contributed by atoms with Gasteiger partial charge in [0, 0.05) is 12.7 Å². The van der Waals surface area contributed by atoms with Gasteiger partial charge in [-0.05, 0) is 30.3 Å². The van der Waals surface area contributed by atoms with Gasteiger partial charge in [0.05, 0.1) is 16.8 Å². The summed E-state index contributed by atoms with van der Waals surface area (Å²) in [5.74, 6) is -2.05. The number of carbonyl (C=O) groups is 4. The summed E-state index contributed by atoms with van der Waals surface area (Å²) in [5, 5.41) is 19.7. The van der Waals surface area contributed by atoms with Crippen molar-refractivity contribution >= 4 is 36.1 Å². The van der Waals surface area contributed by atoms with Gasteiger partial charge < -0.3 is 20.4 Å². The maximum absolute atomic E-state index is 10.7. The number of rotatable bonds is 6. The van der Waals surface area contributed by atoms with Crippen molar-refractivity contribution in [1.82, 2.24) is 0 Å². The fraction of sp³-hybridized carbons (Fsp3) is 0.0588. The van der Waals surface area contributed by atoms with Gasteiger partial charge >= 0.3 is 11.9 Å². The summed E-state index contributed by atoms with van der Waals surface area (Å²) in [6, 6.07) is 12.4. The lowest BCUT2D eigenvalue weighted by Crippen LogP contribution is -2.17. The molecule has 2 aromatic rings. The molecule has 130 valence electrons. The minimum absolute atomic E-state index is 0.122. The van der Waals surface area contributed by atoms with E-state index in [1.54, 1.807) is 30.3 Å². The van der Waals surface area contributed by atoms with Gasteiger partial charge in [-0.2, -0.15) is 0 Å². The number of hydrogen-bond donors (Lipinski definition) is 3. The fourth-order valence-electron chi connectivity index (χ4n) is 1.83. The van der Waals surface area contributed by atoms with Crippen LogP contribution in [0, 0.1) is 0 Å². The molecule has 8 heteroatoms. The van der Waals surface area contributed by atoms with Crippen molar-refractivity contribution in [3.63, 3.8) is 0 Å². The molecule has 0 saturated carbocycles. The first-order chi connectivity index (χ1) is 11.9. The molecule has 8 nitrogen and oxygen atoms in total. The Morgan fingerprint density at radius 1 is 1.00 bits per heavy atom. The Bertz CT molecular complexity index is 775. The lowest BCUT2D eigenvalue weighted by molar-refractivity contribution is -0.107. The summed E-state index contributed by atoms with van der Waals surface area (Å²) in [4.78, 5) is 42.8. The standard InChI is InChI=1S/C9H9NO3.C8H7NO3/c1-10(6-11)8-5-3-2-4-7(8)9(12)13;10-5-9-7-3-1-2-6(4-7)8(11)12/h2-6H,1H3,(H,12,13);1-5H,(H,9,10)(H,11,12). The molecule has 0 spiro atoms. The molecule has 0 aromatic heterocycles. The van der Waals surface area contributed by atoms with E-state index in [1.807, 2.05) is 0 Å². The average Bonchev–Trinajstić information content (AvgIpc) is 2.62. The molecule has 0 aliphatic rings. The zero-order valence-corrected chi connectivity index (χ0v) is 13.2. The molecule has 0 radical (unpaired) electrons. The van der Waals surface area contributed by atoms with Crippen LogP contribution in [-0.2, 0) is 9.59 Å². The van der Waals surface area contributed by atoms with E-state index in [0.717, 1.165) is 0 Å². The number of carboxylic acid groups (broad SMARTS) is 2. The second-order valence-electron chi connectivity index (χ2n) is 4.69. The maximum atomic E-state index is 10.7. The highest BCUT2D eigenvalue weighted by molar-refractivity contribution is 5.97. The summed E-state index contributed by atoms with van der Waals surface area (Å²) in [6.07, 6.45) is 1.07. The Morgan fingerprint density at radius 3 is 2.24 bits per heavy atom. The molecule has 0 atom stereocenters. The normalized spacial score (nSPS) is 9.16. The van der Waals surface area contributed by atoms with Gasteiger partial charge in [-0.1, -0.05) is 18.2 Å². The Balaban J connectivity index is 0.000000251. The first-order valence-electron chi connectivity index (χ1n) is 6.94. The largest absolute Gasteiger partial charge is 0.478 e. The number of anilines is 2. The van der Waals surface area contributed by atoms with E-state index < -0.39 is 11.9 Å². The molecule has 3 N–H and O–H groups in total. The maximum Gasteiger partial charge on any atom is 0.337 e. The number of hydrogen-bond acceptors (Lipinski definition) is 4. The molecule has 2 rings (SSSR count). The van der Waals surface area contributed by atoms with Gasteiger partial charge in [-0.25, -0.2) is 9.59 Å². The van der Waals surface area contributed by atoms with E-state index in [1.165, 1.54) is 30.1 Å². The van der Waals surface area contributed by atoms with Crippen LogP contribution in [-0.4, -0.2) is 42.0 Å². The van der Waals surface area contributed by atoms with Crippen molar-refractivity contribution in [1.29, 1.82) is 0 Å². The number of carboxylic acids is 2. The van der Waals surface area contributed by atoms with Crippen LogP contribution in [0.25, 0.3) is 0 Å². The second-order valence-corrected chi connectivity index (χ2v) is 4.69. The van der Waals surface area contributed by atoms with Crippen molar-refractivity contribution in [2.75, 3.05) is 17.3 Å². The number of amides is 2. The zero-order chi connectivity index (χ0) is 18.8. The number of nitrogens with zero attached hydrogens (tertiary/aromatic N) is 1. The molecule has 0 saturated heterocycles. The molecule has 2 amide bonds. The van der Waals surface area contributed by atoms with E-state index in [-0.39, 0.29) is 11.1 Å². The van der Waals surface area contributed by atoms with E-state index in [2.05, 4.69) is 5.32 Å². The lowest BCUT2D eigenvalue weighted by Gasteiger charge is -2.12. The van der Waals surface area contributed by atoms with E-state index in [9.17, 15) is 19.2 Å². The summed E-state index contributed by atoms with van der Waals surface area (Å²) >= 11 is 0. The molecule has 0 heterocycles. The highest BCUT2D eigenvalue weighted by atomic mass is 16.4. The van der Waals surface area contributed by atoms with E-state index >= 15 is 0 Å². The van der Waals surface area contributed by atoms with Gasteiger partial charge in [-0.15, -0.1) is 0 Å². The van der Waals surface area contributed by atoms with Gasteiger partial charge in [-0.3, -0.25) is 9.59 Å². The molecule has 2 aromatic carbocycles. The number of carbonyl (C=O) groups excluding carboxylic acids is 2. The van der Waals surface area contributed by atoms with Crippen LogP contribution in [0.4, 0.5) is 11.4 Å². The predicted octanol–water partition coefficient (Wildman–Crippen LogP) is 1.93. The summed E-state index contributed by atoms with van der Waals surface area (Å²) in [6.45, 7) is 0. The highest BCUT2D eigenvalue weighted by Gasteiger charge is 2.11. The van der Waals surface area contributed by atoms with Gasteiger partial charge in [0.2, 0.25) is 12.8 Å². The molecule has 0 aliphatic carbocycles. The third-order valence-corrected chi connectivity index (χ3v) is 3.01. The molecule has 0 fully saturated rings. The van der Waals surface area contributed by atoms with Crippen LogP contribution in [0.5, 0.6) is 0 Å². The number of aromatic carboxylic acids is 2. The smallest absolute Gasteiger partial charge is 0.337 e. The summed E-state index contributed by atoms with van der Waals surface area (Å²) in [5.41, 5.74) is 1.15. The van der Waals surface area contributed by atoms with Crippen LogP contribution in [0.1, 0.15) is 20.7 Å². The number of benzene rings is 2. The highest BCUT2D eigenvalue weighted by Crippen LogP contribution is 2.17. The lowest BCUT2D eigenvalue weighted by atomic mass is 10.1. The van der Waals surface area contributed by atoms with Gasteiger partial charge in [0.15, 0.2) is 0 Å². The topological polar surface area (TPSA) is 124 Å². The Morgan fingerprint density at radius 2 is 1.68 bits per heavy atom. The zero-order valence-electron chi connectivity index (χ0n) is 13.2. The van der Waals surface area contributed by atoms with Crippen LogP contribution in [0.15, 0.2) is 48.5 Å². The fourth-order valence-corrected chi connectivity index (χ4v) is 1.83. The van der Waals surface area contributed by atoms with Crippen LogP contribution in [0.3, 0.4) is 0 Å². The van der Waals surface area contributed by atoms with Crippen molar-refractivity contribution < 1.29 is 29.4 Å². The van der Waals surface area contributed by atoms with Crippen molar-refractivity contribution in [2.24, 2.45) is 0 Å². The van der Waals surface area contributed by atoms with Crippen LogP contribution in [0.2, 0.25) is 0 Å². The monoisotopic (exact) mass is 344 g/mol. The molecule has 0 aliphatic heterocycles. The van der Waals surface area contributed by atoms with Crippen molar-refractivity contribution in [3.8, 4) is 0 Å². The molecular weight excluding hydrogens is 328 g/mol. The van der Waals surface area contributed by atoms with E-state index in [4.69, 9.17) is 10.2 Å². The first-order valence-corrected chi connectivity index (χ1v) is 6.94. The van der Waals surface area contributed by atoms with Crippen LogP contribution < -0.4 is 10.2 Å². The second kappa shape index (κ2) is 9.46. The SMILES string of the molecule is CN(C=O)c1ccccc1C(=O)O.O=CNc1cccc(C(=O)O)c1. The predicted molar refractivity (Wildman–Crippen MR) is 91.0 cm³/mol. The Labute approximate surface area is 143 Å². The van der Waals surface area contributed by atoms with Crippen molar-refractivity contribution in [3.05, 3.63) is 59.7 Å². The number of nitrogens with one attached hydrogen (secondary N) is 1. The first kappa shape index (κ1) is 19.4. The van der Waals surface area contributed by atoms with E-state index in [0.29, 0.717) is 24.2 Å². The molecule has 25 heavy (non-hydrogen) atoms. The summed E-state index contributed by atoms with van der Waals surface area (Å²) < 4.78 is 0. The third-order valence-electron chi connectivity index (χ3n) is 3.01. The Hall–Kier alpha value is -3.68. The Kier molecular flexibility index (Phi) is 7.33. The average molecular weight is 344 g/mol. The molecular formula is C17H16N2O6. The number of para-hydroxylation sites is 1. The van der Waals surface area contributed by atoms with Gasteiger partial charge in [0.25, 0.3) is 0 Å². The van der Waals surface area contributed by atoms with Crippen molar-refractivity contribution in [2.45, 2.75) is 0 Å². The minimum atomic E-state index is -1.04. The quantitative estimate of drug-likeness (QED) is 0.688. The van der Waals surface area contributed by atoms with Gasteiger partial charge in [0.1, 0.15) is 0 Å². The molecule has 0 unspecified atom stereocenters. The van der Waals surface area contributed by atoms with Crippen LogP contribution >= 0.6 is 0 Å². The third kappa shape index (κ3) is 5.79. The summed E-state index contributed by atoms with van der Waals surface area (Å²) in [7, 11) is 1.51. The molecule has 0 bridgehead atoms.